The maximum absolute atomic E-state index is 10.9. The van der Waals surface area contributed by atoms with Crippen molar-refractivity contribution in [1.29, 1.82) is 0 Å². The fraction of sp³-hybridized carbons (Fsp3) is 0.333. The van der Waals surface area contributed by atoms with Gasteiger partial charge in [-0.25, -0.2) is 4.57 Å². The minimum absolute atomic E-state index is 0.189. The molecule has 0 amide bonds. The summed E-state index contributed by atoms with van der Waals surface area (Å²) in [6.45, 7) is -0.446. The molecule has 0 unspecified atom stereocenters. The first kappa shape index (κ1) is 15.3. The standard InChI is InChI=1S/C9H14NO6PS/c11-17(12,13)10(18(14,15)16)8-4-7-9-5-2-1-3-6-9/h1-3,5-6H,4,7-8H2,(H2,11,12,13)(H,14,15,16). The van der Waals surface area contributed by atoms with Crippen LogP contribution in [-0.4, -0.2) is 33.4 Å². The van der Waals surface area contributed by atoms with Crippen LogP contribution < -0.4 is 0 Å². The predicted molar refractivity (Wildman–Crippen MR) is 65.1 cm³/mol. The maximum Gasteiger partial charge on any atom is 0.418 e. The molecule has 1 rings (SSSR count). The first-order chi connectivity index (χ1) is 8.21. The van der Waals surface area contributed by atoms with E-state index in [4.69, 9.17) is 14.3 Å². The Morgan fingerprint density at radius 1 is 1.17 bits per heavy atom. The molecular weight excluding hydrogens is 281 g/mol. The van der Waals surface area contributed by atoms with Gasteiger partial charge in [0.15, 0.2) is 0 Å². The van der Waals surface area contributed by atoms with Crippen molar-refractivity contribution >= 4 is 18.1 Å². The fourth-order valence-electron chi connectivity index (χ4n) is 1.44. The predicted octanol–water partition coefficient (Wildman–Crippen LogP) is 0.817. The first-order valence-electron chi connectivity index (χ1n) is 5.06. The van der Waals surface area contributed by atoms with E-state index in [1.165, 1.54) is 0 Å². The minimum atomic E-state index is -5.02. The third-order valence-corrected chi connectivity index (χ3v) is 4.97. The highest BCUT2D eigenvalue weighted by atomic mass is 32.2. The van der Waals surface area contributed by atoms with E-state index in [9.17, 15) is 13.0 Å². The topological polar surface area (TPSA) is 115 Å². The summed E-state index contributed by atoms with van der Waals surface area (Å²) in [5, 5.41) is 0. The van der Waals surface area contributed by atoms with Crippen LogP contribution in [0.15, 0.2) is 30.3 Å². The third-order valence-electron chi connectivity index (χ3n) is 2.21. The molecule has 0 bridgehead atoms. The van der Waals surface area contributed by atoms with Crippen molar-refractivity contribution in [1.82, 2.24) is 4.08 Å². The molecule has 102 valence electrons. The molecule has 0 spiro atoms. The Balaban J connectivity index is 2.63. The van der Waals surface area contributed by atoms with Crippen molar-refractivity contribution in [2.24, 2.45) is 0 Å². The Kier molecular flexibility index (Phi) is 5.03. The highest BCUT2D eigenvalue weighted by molar-refractivity contribution is 7.89. The zero-order valence-corrected chi connectivity index (χ0v) is 11.1. The first-order valence-corrected chi connectivity index (χ1v) is 8.02. The van der Waals surface area contributed by atoms with Gasteiger partial charge < -0.3 is 9.79 Å². The van der Waals surface area contributed by atoms with Crippen LogP contribution in [0.2, 0.25) is 0 Å². The Bertz CT molecular complexity index is 525. The Morgan fingerprint density at radius 2 is 1.72 bits per heavy atom. The molecule has 0 radical (unpaired) electrons. The molecule has 0 heterocycles. The zero-order chi connectivity index (χ0) is 13.8. The SMILES string of the molecule is O=P(O)(O)N(CCCc1ccccc1)S(=O)(=O)O. The van der Waals surface area contributed by atoms with Crippen LogP contribution in [0.4, 0.5) is 0 Å². The molecule has 0 aliphatic heterocycles. The lowest BCUT2D eigenvalue weighted by atomic mass is 10.1. The molecule has 0 atom stereocenters. The number of benzene rings is 1. The van der Waals surface area contributed by atoms with Crippen molar-refractivity contribution in [2.75, 3.05) is 6.54 Å². The van der Waals surface area contributed by atoms with E-state index in [1.807, 2.05) is 18.2 Å². The fourth-order valence-corrected chi connectivity index (χ4v) is 3.28. The van der Waals surface area contributed by atoms with Crippen molar-refractivity contribution in [2.45, 2.75) is 12.8 Å². The summed E-state index contributed by atoms with van der Waals surface area (Å²) in [6.07, 6.45) is 0.641. The minimum Gasteiger partial charge on any atom is -0.312 e. The summed E-state index contributed by atoms with van der Waals surface area (Å²) < 4.78 is 41.0. The lowest BCUT2D eigenvalue weighted by molar-refractivity contribution is 0.305. The van der Waals surface area contributed by atoms with Crippen LogP contribution in [-0.2, 0) is 21.3 Å². The molecule has 3 N–H and O–H groups in total. The van der Waals surface area contributed by atoms with Gasteiger partial charge in [0.2, 0.25) is 0 Å². The number of rotatable bonds is 6. The molecule has 0 aliphatic carbocycles. The smallest absolute Gasteiger partial charge is 0.312 e. The van der Waals surface area contributed by atoms with Crippen LogP contribution >= 0.6 is 7.75 Å². The van der Waals surface area contributed by atoms with Crippen LogP contribution in [0.25, 0.3) is 0 Å². The van der Waals surface area contributed by atoms with Crippen molar-refractivity contribution in [3.05, 3.63) is 35.9 Å². The van der Waals surface area contributed by atoms with E-state index in [-0.39, 0.29) is 10.5 Å². The van der Waals surface area contributed by atoms with Gasteiger partial charge in [0.25, 0.3) is 0 Å². The van der Waals surface area contributed by atoms with Gasteiger partial charge in [-0.3, -0.25) is 4.55 Å². The van der Waals surface area contributed by atoms with E-state index in [0.29, 0.717) is 6.42 Å². The molecule has 18 heavy (non-hydrogen) atoms. The molecule has 1 aromatic rings. The van der Waals surface area contributed by atoms with E-state index in [0.717, 1.165) is 5.56 Å². The molecule has 0 saturated heterocycles. The van der Waals surface area contributed by atoms with Gasteiger partial charge in [-0.05, 0) is 18.4 Å². The van der Waals surface area contributed by atoms with Crippen LogP contribution in [0.1, 0.15) is 12.0 Å². The molecule has 1 aromatic carbocycles. The molecular formula is C9H14NO6PS. The molecule has 9 heteroatoms. The molecule has 0 saturated carbocycles. The van der Waals surface area contributed by atoms with E-state index in [1.54, 1.807) is 12.1 Å². The lowest BCUT2D eigenvalue weighted by Gasteiger charge is -2.18. The monoisotopic (exact) mass is 295 g/mol. The van der Waals surface area contributed by atoms with Crippen LogP contribution in [0.3, 0.4) is 0 Å². The van der Waals surface area contributed by atoms with Gasteiger partial charge in [-0.15, -0.1) is 0 Å². The van der Waals surface area contributed by atoms with Gasteiger partial charge in [0.1, 0.15) is 0 Å². The summed E-state index contributed by atoms with van der Waals surface area (Å²) in [6, 6.07) is 9.06. The summed E-state index contributed by atoms with van der Waals surface area (Å²) in [5.41, 5.74) is 0.915. The second-order valence-electron chi connectivity index (χ2n) is 3.63. The Hall–Kier alpha value is -0.760. The molecule has 0 fully saturated rings. The largest absolute Gasteiger partial charge is 0.418 e. The van der Waals surface area contributed by atoms with Crippen molar-refractivity contribution in [3.63, 3.8) is 0 Å². The second-order valence-corrected chi connectivity index (χ2v) is 6.74. The molecule has 7 nitrogen and oxygen atoms in total. The number of aryl methyl sites for hydroxylation is 1. The summed E-state index contributed by atoms with van der Waals surface area (Å²) in [5.74, 6) is 0. The van der Waals surface area contributed by atoms with Gasteiger partial charge in [0.05, 0.1) is 0 Å². The third kappa shape index (κ3) is 4.85. The zero-order valence-electron chi connectivity index (χ0n) is 9.38. The normalized spacial score (nSPS) is 12.9. The van der Waals surface area contributed by atoms with Gasteiger partial charge in [-0.2, -0.15) is 8.42 Å². The van der Waals surface area contributed by atoms with Crippen molar-refractivity contribution < 1.29 is 27.3 Å². The lowest BCUT2D eigenvalue weighted by Crippen LogP contribution is -2.28. The molecule has 0 aliphatic rings. The Labute approximate surface area is 105 Å². The van der Waals surface area contributed by atoms with Crippen LogP contribution in [0.5, 0.6) is 0 Å². The molecule has 0 aromatic heterocycles. The number of hydrogen-bond acceptors (Lipinski definition) is 3. The van der Waals surface area contributed by atoms with Gasteiger partial charge in [-0.1, -0.05) is 34.4 Å². The summed E-state index contributed by atoms with van der Waals surface area (Å²) in [4.78, 5) is 17.6. The highest BCUT2D eigenvalue weighted by Crippen LogP contribution is 2.41. The second kappa shape index (κ2) is 5.92. The average Bonchev–Trinajstić information content (AvgIpc) is 2.22. The maximum atomic E-state index is 10.9. The summed E-state index contributed by atoms with van der Waals surface area (Å²) >= 11 is 0. The van der Waals surface area contributed by atoms with E-state index >= 15 is 0 Å². The summed E-state index contributed by atoms with van der Waals surface area (Å²) in [7, 11) is -9.93. The van der Waals surface area contributed by atoms with Gasteiger partial charge in [0, 0.05) is 6.54 Å². The van der Waals surface area contributed by atoms with E-state index < -0.39 is 24.6 Å². The van der Waals surface area contributed by atoms with E-state index in [2.05, 4.69) is 0 Å². The Morgan fingerprint density at radius 3 is 2.17 bits per heavy atom. The average molecular weight is 295 g/mol. The number of nitrogens with zero attached hydrogens (tertiary/aromatic N) is 1. The quantitative estimate of drug-likeness (QED) is 0.528. The van der Waals surface area contributed by atoms with Gasteiger partial charge >= 0.3 is 18.1 Å². The van der Waals surface area contributed by atoms with Crippen LogP contribution in [0, 0.1) is 0 Å². The highest BCUT2D eigenvalue weighted by Gasteiger charge is 2.35. The van der Waals surface area contributed by atoms with Crippen molar-refractivity contribution in [3.8, 4) is 0 Å². The number of hydrogen-bond donors (Lipinski definition) is 3.